The fourth-order valence-corrected chi connectivity index (χ4v) is 27.9. The van der Waals surface area contributed by atoms with Crippen LogP contribution in [0.5, 0.6) is 0 Å². The van der Waals surface area contributed by atoms with Crippen LogP contribution in [0.1, 0.15) is 14.9 Å². The Kier molecular flexibility index (Phi) is 15.0. The normalized spacial score (nSPS) is 13.3. The Hall–Kier alpha value is 0.104. The molecule has 0 saturated heterocycles. The Morgan fingerprint density at radius 3 is 1.30 bits per heavy atom. The molecule has 0 amide bonds. The van der Waals surface area contributed by atoms with Crippen LogP contribution in [-0.2, 0) is 21.5 Å². The van der Waals surface area contributed by atoms with Crippen LogP contribution in [0.25, 0.3) is 0 Å². The molecule has 0 N–H and O–H groups in total. The maximum absolute atomic E-state index is 6.88. The Morgan fingerprint density at radius 1 is 0.545 bits per heavy atom. The van der Waals surface area contributed by atoms with Crippen molar-refractivity contribution < 1.29 is 21.5 Å². The number of benzene rings is 1. The van der Waals surface area contributed by atoms with E-state index in [-0.39, 0.29) is 14.9 Å². The summed E-state index contributed by atoms with van der Waals surface area (Å²) in [5.74, 6) is 0. The molecule has 1 aromatic rings. The van der Waals surface area contributed by atoms with Crippen LogP contribution >= 0.6 is 0 Å². The lowest BCUT2D eigenvalue weighted by Crippen LogP contribution is -2.53. The van der Waals surface area contributed by atoms with Crippen LogP contribution < -0.4 is 5.19 Å². The number of rotatable bonds is 14. The molecule has 0 aliphatic carbocycles. The van der Waals surface area contributed by atoms with Crippen molar-refractivity contribution in [2.24, 2.45) is 0 Å². The van der Waals surface area contributed by atoms with E-state index in [0.717, 1.165) is 24.2 Å². The summed E-state index contributed by atoms with van der Waals surface area (Å²) in [5.41, 5.74) is 0. The van der Waals surface area contributed by atoms with Crippen molar-refractivity contribution >= 4 is 47.3 Å². The molecule has 0 fully saturated rings. The van der Waals surface area contributed by atoms with Gasteiger partial charge in [0.25, 0.3) is 0 Å². The average molecular weight is 551 g/mol. The molecule has 0 unspecified atom stereocenters. The van der Waals surface area contributed by atoms with Crippen molar-refractivity contribution in [1.29, 1.82) is 0 Å². The van der Waals surface area contributed by atoms with Gasteiger partial charge in [-0.1, -0.05) is 45.2 Å². The van der Waals surface area contributed by atoms with Gasteiger partial charge in [0, 0.05) is 27.4 Å². The zero-order chi connectivity index (χ0) is 24.0. The van der Waals surface area contributed by atoms with E-state index < -0.39 is 42.1 Å². The third kappa shape index (κ3) is 12.1. The second-order valence-corrected chi connectivity index (χ2v) is 31.0. The standard InChI is InChI=1S/C21H46O5Si5.2CH4/c1-22-31(23-2,24-3)20-19-28(6,7)25-27(4,5)17-18-29(8,9)26-30(10,11)21-15-13-12-14-16-21;;/h12-16H,17-20H2,1-11H3;2*1H4. The summed E-state index contributed by atoms with van der Waals surface area (Å²) in [6.07, 6.45) is 0. The molecule has 0 aliphatic rings. The van der Waals surface area contributed by atoms with Gasteiger partial charge in [0.05, 0.1) is 0 Å². The molecule has 1 rings (SSSR count). The maximum Gasteiger partial charge on any atom is 0.499 e. The fourth-order valence-electron chi connectivity index (χ4n) is 4.10. The van der Waals surface area contributed by atoms with Gasteiger partial charge in [-0.15, -0.1) is 0 Å². The van der Waals surface area contributed by atoms with Gasteiger partial charge in [-0.2, -0.15) is 0 Å². The summed E-state index contributed by atoms with van der Waals surface area (Å²) in [7, 11) is -4.85. The molecule has 196 valence electrons. The van der Waals surface area contributed by atoms with Gasteiger partial charge >= 0.3 is 8.80 Å². The molecule has 0 aromatic heterocycles. The van der Waals surface area contributed by atoms with Gasteiger partial charge in [0.2, 0.25) is 8.32 Å². The molecule has 0 aliphatic heterocycles. The quantitative estimate of drug-likeness (QED) is 0.236. The molecule has 5 nitrogen and oxygen atoms in total. The second-order valence-electron chi connectivity index (χ2n) is 10.7. The van der Waals surface area contributed by atoms with Crippen LogP contribution in [-0.4, -0.2) is 63.4 Å². The fraction of sp³-hybridized carbons (Fsp3) is 0.739. The van der Waals surface area contributed by atoms with E-state index in [0.29, 0.717) is 0 Å². The lowest BCUT2D eigenvalue weighted by atomic mass is 10.4. The predicted octanol–water partition coefficient (Wildman–Crippen LogP) is 6.90. The predicted molar refractivity (Wildman–Crippen MR) is 158 cm³/mol. The first-order valence-corrected chi connectivity index (χ1v) is 25.4. The molecule has 0 spiro atoms. The van der Waals surface area contributed by atoms with Gasteiger partial charge in [-0.25, -0.2) is 0 Å². The zero-order valence-corrected chi connectivity index (χ0v) is 26.8. The lowest BCUT2D eigenvalue weighted by Gasteiger charge is -2.39. The summed E-state index contributed by atoms with van der Waals surface area (Å²) in [6.45, 7) is 18.7. The highest BCUT2D eigenvalue weighted by atomic mass is 28.4. The maximum atomic E-state index is 6.88. The minimum Gasteiger partial charge on any atom is -0.456 e. The minimum absolute atomic E-state index is 0. The largest absolute Gasteiger partial charge is 0.499 e. The summed E-state index contributed by atoms with van der Waals surface area (Å²) in [4.78, 5) is 0. The topological polar surface area (TPSA) is 46.2 Å². The molecule has 1 aromatic carbocycles. The molecule has 0 bridgehead atoms. The van der Waals surface area contributed by atoms with Crippen LogP contribution in [0.3, 0.4) is 0 Å². The van der Waals surface area contributed by atoms with Crippen molar-refractivity contribution in [3.63, 3.8) is 0 Å². The summed E-state index contributed by atoms with van der Waals surface area (Å²) >= 11 is 0. The van der Waals surface area contributed by atoms with Crippen molar-refractivity contribution in [3.8, 4) is 0 Å². The van der Waals surface area contributed by atoms with Crippen LogP contribution in [0.15, 0.2) is 30.3 Å². The highest BCUT2D eigenvalue weighted by molar-refractivity contribution is 6.93. The molecular formula is C23H54O5Si5. The molecule has 10 heteroatoms. The van der Waals surface area contributed by atoms with Crippen LogP contribution in [0.2, 0.25) is 76.6 Å². The van der Waals surface area contributed by atoms with Crippen molar-refractivity contribution in [2.75, 3.05) is 21.3 Å². The number of hydrogen-bond acceptors (Lipinski definition) is 5. The Labute approximate surface area is 211 Å². The molecule has 0 heterocycles. The van der Waals surface area contributed by atoms with Crippen LogP contribution in [0.4, 0.5) is 0 Å². The molecular weight excluding hydrogens is 497 g/mol. The van der Waals surface area contributed by atoms with Crippen molar-refractivity contribution in [1.82, 2.24) is 0 Å². The van der Waals surface area contributed by atoms with E-state index in [4.69, 9.17) is 21.5 Å². The van der Waals surface area contributed by atoms with Crippen molar-refractivity contribution in [2.45, 2.75) is 91.4 Å². The highest BCUT2D eigenvalue weighted by Crippen LogP contribution is 2.30. The van der Waals surface area contributed by atoms with E-state index in [1.807, 2.05) is 0 Å². The SMILES string of the molecule is C.C.CO[Si](CC[Si](C)(C)O[Si](C)(C)CC[Si](C)(C)O[Si](C)(C)c1ccccc1)(OC)OC. The highest BCUT2D eigenvalue weighted by Gasteiger charge is 2.43. The summed E-state index contributed by atoms with van der Waals surface area (Å²) in [6, 6.07) is 14.8. The Balaban J connectivity index is 0. The summed E-state index contributed by atoms with van der Waals surface area (Å²) in [5, 5.41) is 1.37. The van der Waals surface area contributed by atoms with Crippen molar-refractivity contribution in [3.05, 3.63) is 30.3 Å². The van der Waals surface area contributed by atoms with E-state index >= 15 is 0 Å². The Bertz CT molecular complexity index is 656. The smallest absolute Gasteiger partial charge is 0.456 e. The minimum atomic E-state index is -2.55. The zero-order valence-electron chi connectivity index (χ0n) is 21.8. The van der Waals surface area contributed by atoms with E-state index in [1.165, 1.54) is 5.19 Å². The molecule has 33 heavy (non-hydrogen) atoms. The number of hydrogen-bond donors (Lipinski definition) is 0. The lowest BCUT2D eigenvalue weighted by molar-refractivity contribution is 0.125. The van der Waals surface area contributed by atoms with Crippen LogP contribution in [0, 0.1) is 0 Å². The van der Waals surface area contributed by atoms with Gasteiger partial charge in [0.15, 0.2) is 25.0 Å². The van der Waals surface area contributed by atoms with E-state index in [1.54, 1.807) is 21.3 Å². The van der Waals surface area contributed by atoms with E-state index in [9.17, 15) is 0 Å². The van der Waals surface area contributed by atoms with Gasteiger partial charge < -0.3 is 21.5 Å². The Morgan fingerprint density at radius 2 is 0.909 bits per heavy atom. The first kappa shape index (κ1) is 35.3. The molecule has 0 radical (unpaired) electrons. The van der Waals surface area contributed by atoms with Gasteiger partial charge in [-0.3, -0.25) is 0 Å². The first-order chi connectivity index (χ1) is 14.1. The third-order valence-corrected chi connectivity index (χ3v) is 24.3. The van der Waals surface area contributed by atoms with Gasteiger partial charge in [0.1, 0.15) is 0 Å². The second kappa shape index (κ2) is 14.0. The monoisotopic (exact) mass is 550 g/mol. The first-order valence-electron chi connectivity index (χ1n) is 11.2. The molecule has 0 atom stereocenters. The summed E-state index contributed by atoms with van der Waals surface area (Å²) < 4.78 is 30.6. The average Bonchev–Trinajstić information content (AvgIpc) is 2.67. The molecule has 0 saturated carbocycles. The van der Waals surface area contributed by atoms with Gasteiger partial charge in [-0.05, 0) is 75.7 Å². The third-order valence-electron chi connectivity index (χ3n) is 5.85. The van der Waals surface area contributed by atoms with E-state index in [2.05, 4.69) is 82.7 Å².